The number of hydrogen-bond acceptors (Lipinski definition) is 6. The van der Waals surface area contributed by atoms with Gasteiger partial charge >= 0.3 is 6.01 Å². The Morgan fingerprint density at radius 2 is 2.00 bits per heavy atom. The van der Waals surface area contributed by atoms with E-state index in [1.54, 1.807) is 18.1 Å². The lowest BCUT2D eigenvalue weighted by Gasteiger charge is -2.31. The maximum Gasteiger partial charge on any atom is 0.317 e. The Kier molecular flexibility index (Phi) is 4.90. The number of fused-ring (bicyclic) bond motifs is 1. The minimum absolute atomic E-state index is 0.141. The van der Waals surface area contributed by atoms with E-state index in [0.717, 1.165) is 29.6 Å². The third kappa shape index (κ3) is 3.65. The highest BCUT2D eigenvalue weighted by Crippen LogP contribution is 2.29. The monoisotopic (exact) mass is 381 g/mol. The van der Waals surface area contributed by atoms with Crippen molar-refractivity contribution < 1.29 is 18.7 Å². The van der Waals surface area contributed by atoms with Gasteiger partial charge in [0.25, 0.3) is 5.91 Å². The minimum Gasteiger partial charge on any atom is -0.493 e. The fourth-order valence-corrected chi connectivity index (χ4v) is 3.57. The van der Waals surface area contributed by atoms with Gasteiger partial charge in [0.2, 0.25) is 0 Å². The number of amides is 1. The van der Waals surface area contributed by atoms with E-state index in [-0.39, 0.29) is 12.0 Å². The topological polar surface area (TPSA) is 77.7 Å². The van der Waals surface area contributed by atoms with Crippen molar-refractivity contribution in [2.45, 2.75) is 32.8 Å². The van der Waals surface area contributed by atoms with Crippen LogP contribution in [0.25, 0.3) is 11.0 Å². The van der Waals surface area contributed by atoms with Crippen LogP contribution in [0, 0.1) is 13.8 Å². The number of piperidine rings is 1. The van der Waals surface area contributed by atoms with Crippen LogP contribution in [-0.2, 0) is 0 Å². The van der Waals surface area contributed by atoms with Gasteiger partial charge in [-0.2, -0.15) is 0 Å². The quantitative estimate of drug-likeness (QED) is 0.688. The van der Waals surface area contributed by atoms with Crippen LogP contribution in [0.1, 0.15) is 34.8 Å². The van der Waals surface area contributed by atoms with Crippen LogP contribution < -0.4 is 9.47 Å². The van der Waals surface area contributed by atoms with E-state index < -0.39 is 0 Å². The van der Waals surface area contributed by atoms with Gasteiger partial charge in [-0.25, -0.2) is 9.97 Å². The Hall–Kier alpha value is -3.09. The molecule has 1 aliphatic rings. The number of carbonyl (C=O) groups is 1. The van der Waals surface area contributed by atoms with E-state index in [4.69, 9.17) is 13.9 Å². The Bertz CT molecular complexity index is 994. The van der Waals surface area contributed by atoms with Crippen molar-refractivity contribution in [3.8, 4) is 11.8 Å². The van der Waals surface area contributed by atoms with Crippen molar-refractivity contribution in [2.24, 2.45) is 0 Å². The number of furan rings is 1. The van der Waals surface area contributed by atoms with E-state index in [0.29, 0.717) is 36.2 Å². The smallest absolute Gasteiger partial charge is 0.317 e. The minimum atomic E-state index is -0.145. The molecule has 7 heteroatoms. The summed E-state index contributed by atoms with van der Waals surface area (Å²) in [6.07, 6.45) is 1.57. The molecule has 3 aromatic rings. The van der Waals surface area contributed by atoms with Crippen molar-refractivity contribution in [3.63, 3.8) is 0 Å². The Balaban J connectivity index is 1.50. The van der Waals surface area contributed by atoms with Crippen LogP contribution in [0.3, 0.4) is 0 Å². The summed E-state index contributed by atoms with van der Waals surface area (Å²) in [5.41, 5.74) is 2.31. The maximum absolute atomic E-state index is 13.0. The van der Waals surface area contributed by atoms with Crippen molar-refractivity contribution in [1.82, 2.24) is 14.9 Å². The van der Waals surface area contributed by atoms with Gasteiger partial charge in [-0.05, 0) is 44.9 Å². The first-order valence-corrected chi connectivity index (χ1v) is 9.38. The van der Waals surface area contributed by atoms with Gasteiger partial charge in [0.15, 0.2) is 17.1 Å². The maximum atomic E-state index is 13.0. The summed E-state index contributed by atoms with van der Waals surface area (Å²) in [5.74, 6) is 0.777. The SMILES string of the molecule is COc1cccc2cc(C(=O)N3CCC[C@H](Oc4nc(C)cc(C)n4)C3)oc12. The first-order chi connectivity index (χ1) is 13.5. The summed E-state index contributed by atoms with van der Waals surface area (Å²) < 4.78 is 17.1. The number of benzene rings is 1. The average molecular weight is 381 g/mol. The molecule has 2 aromatic heterocycles. The summed E-state index contributed by atoms with van der Waals surface area (Å²) in [7, 11) is 1.58. The second-order valence-corrected chi connectivity index (χ2v) is 7.06. The molecule has 7 nitrogen and oxygen atoms in total. The molecule has 28 heavy (non-hydrogen) atoms. The van der Waals surface area contributed by atoms with Gasteiger partial charge in [0.1, 0.15) is 6.10 Å². The van der Waals surface area contributed by atoms with Gasteiger partial charge in [-0.3, -0.25) is 4.79 Å². The van der Waals surface area contributed by atoms with Crippen LogP contribution in [0.15, 0.2) is 34.7 Å². The predicted octanol–water partition coefficient (Wildman–Crippen LogP) is 3.53. The highest BCUT2D eigenvalue weighted by Gasteiger charge is 2.28. The number of rotatable bonds is 4. The number of hydrogen-bond donors (Lipinski definition) is 0. The van der Waals surface area contributed by atoms with Gasteiger partial charge < -0.3 is 18.8 Å². The summed E-state index contributed by atoms with van der Waals surface area (Å²) in [6, 6.07) is 9.62. The second-order valence-electron chi connectivity index (χ2n) is 7.06. The number of aromatic nitrogens is 2. The third-order valence-electron chi connectivity index (χ3n) is 4.84. The normalized spacial score (nSPS) is 17.0. The molecule has 3 heterocycles. The van der Waals surface area contributed by atoms with Crippen LogP contribution in [-0.4, -0.2) is 47.1 Å². The Labute approximate surface area is 163 Å². The van der Waals surface area contributed by atoms with E-state index in [1.807, 2.05) is 38.1 Å². The zero-order chi connectivity index (χ0) is 19.7. The summed E-state index contributed by atoms with van der Waals surface area (Å²) in [5, 5.41) is 0.844. The molecule has 1 fully saturated rings. The number of nitrogens with zero attached hydrogens (tertiary/aromatic N) is 3. The second kappa shape index (κ2) is 7.50. The molecule has 0 aliphatic carbocycles. The molecule has 1 aliphatic heterocycles. The Morgan fingerprint density at radius 1 is 1.21 bits per heavy atom. The van der Waals surface area contributed by atoms with Crippen LogP contribution in [0.5, 0.6) is 11.8 Å². The molecule has 146 valence electrons. The number of ether oxygens (including phenoxy) is 2. The average Bonchev–Trinajstić information content (AvgIpc) is 3.11. The molecule has 0 saturated carbocycles. The number of carbonyl (C=O) groups excluding carboxylic acids is 1. The highest BCUT2D eigenvalue weighted by atomic mass is 16.5. The fraction of sp³-hybridized carbons (Fsp3) is 0.381. The predicted molar refractivity (Wildman–Crippen MR) is 104 cm³/mol. The summed E-state index contributed by atoms with van der Waals surface area (Å²) >= 11 is 0. The Morgan fingerprint density at radius 3 is 2.75 bits per heavy atom. The molecular formula is C21H23N3O4. The molecule has 1 amide bonds. The molecule has 1 saturated heterocycles. The highest BCUT2D eigenvalue weighted by molar-refractivity contribution is 5.97. The van der Waals surface area contributed by atoms with E-state index in [2.05, 4.69) is 9.97 Å². The van der Waals surface area contributed by atoms with Crippen LogP contribution in [0.2, 0.25) is 0 Å². The first kappa shape index (κ1) is 18.3. The number of aryl methyl sites for hydroxylation is 2. The molecule has 4 rings (SSSR count). The lowest BCUT2D eigenvalue weighted by Crippen LogP contribution is -2.44. The van der Waals surface area contributed by atoms with Crippen molar-refractivity contribution in [3.05, 3.63) is 47.5 Å². The van der Waals surface area contributed by atoms with Gasteiger partial charge in [-0.15, -0.1) is 0 Å². The van der Waals surface area contributed by atoms with Crippen LogP contribution in [0.4, 0.5) is 0 Å². The number of methoxy groups -OCH3 is 1. The van der Waals surface area contributed by atoms with E-state index in [9.17, 15) is 4.79 Å². The zero-order valence-corrected chi connectivity index (χ0v) is 16.3. The largest absolute Gasteiger partial charge is 0.493 e. The zero-order valence-electron chi connectivity index (χ0n) is 16.3. The van der Waals surface area contributed by atoms with Crippen molar-refractivity contribution >= 4 is 16.9 Å². The first-order valence-electron chi connectivity index (χ1n) is 9.38. The third-order valence-corrected chi connectivity index (χ3v) is 4.84. The molecule has 0 spiro atoms. The summed E-state index contributed by atoms with van der Waals surface area (Å²) in [6.45, 7) is 4.96. The number of likely N-dealkylation sites (tertiary alicyclic amines) is 1. The fourth-order valence-electron chi connectivity index (χ4n) is 3.57. The summed E-state index contributed by atoms with van der Waals surface area (Å²) in [4.78, 5) is 23.4. The molecular weight excluding hydrogens is 358 g/mol. The molecule has 0 radical (unpaired) electrons. The number of para-hydroxylation sites is 1. The van der Waals surface area contributed by atoms with E-state index >= 15 is 0 Å². The van der Waals surface area contributed by atoms with Crippen LogP contribution >= 0.6 is 0 Å². The van der Waals surface area contributed by atoms with Crippen molar-refractivity contribution in [1.29, 1.82) is 0 Å². The van der Waals surface area contributed by atoms with Gasteiger partial charge in [0, 0.05) is 23.3 Å². The van der Waals surface area contributed by atoms with Crippen molar-refractivity contribution in [2.75, 3.05) is 20.2 Å². The van der Waals surface area contributed by atoms with E-state index in [1.165, 1.54) is 0 Å². The molecule has 1 aromatic carbocycles. The molecule has 0 bridgehead atoms. The van der Waals surface area contributed by atoms with Gasteiger partial charge in [-0.1, -0.05) is 12.1 Å². The molecule has 0 unspecified atom stereocenters. The molecule has 1 atom stereocenters. The lowest BCUT2D eigenvalue weighted by molar-refractivity contribution is 0.0490. The standard InChI is InChI=1S/C21H23N3O4/c1-13-10-14(2)23-21(22-13)27-16-7-5-9-24(12-16)20(25)18-11-15-6-4-8-17(26-3)19(15)28-18/h4,6,8,10-11,16H,5,7,9,12H2,1-3H3/t16-/m0/s1. The lowest BCUT2D eigenvalue weighted by atomic mass is 10.1. The molecule has 0 N–H and O–H groups in total. The van der Waals surface area contributed by atoms with Gasteiger partial charge in [0.05, 0.1) is 13.7 Å².